The molecule has 0 spiro atoms. The van der Waals surface area contributed by atoms with Gasteiger partial charge < -0.3 is 19.4 Å². The first kappa shape index (κ1) is 76.4. The molecule has 0 aliphatic rings. The maximum absolute atomic E-state index is 13.6. The van der Waals surface area contributed by atoms with Crippen LogP contribution in [0.4, 0.5) is 0 Å². The molecular formula is C70H122N2O7P+. The molecule has 0 bridgehead atoms. The molecule has 0 aliphatic heterocycles. The Kier molecular flexibility index (Phi) is 56.0. The highest BCUT2D eigenvalue weighted by atomic mass is 31.2. The lowest BCUT2D eigenvalue weighted by molar-refractivity contribution is -0.870. The van der Waals surface area contributed by atoms with Gasteiger partial charge in [0.2, 0.25) is 5.91 Å². The molecule has 0 saturated heterocycles. The number of nitrogens with one attached hydrogen (secondary N) is 1. The lowest BCUT2D eigenvalue weighted by Gasteiger charge is -2.27. The Balaban J connectivity index is 5.30. The van der Waals surface area contributed by atoms with Gasteiger partial charge in [0.15, 0.2) is 0 Å². The fraction of sp³-hybridized carbons (Fsp3) is 0.686. The number of amides is 1. The van der Waals surface area contributed by atoms with Crippen molar-refractivity contribution in [3.8, 4) is 0 Å². The Morgan fingerprint density at radius 1 is 0.450 bits per heavy atom. The molecule has 0 aromatic rings. The number of carbonyl (C=O) groups excluding carboxylic acids is 2. The van der Waals surface area contributed by atoms with Crippen molar-refractivity contribution in [2.45, 2.75) is 270 Å². The molecule has 3 atom stereocenters. The Morgan fingerprint density at radius 2 is 0.812 bits per heavy atom. The largest absolute Gasteiger partial charge is 0.472 e. The van der Waals surface area contributed by atoms with Crippen molar-refractivity contribution in [1.82, 2.24) is 5.32 Å². The van der Waals surface area contributed by atoms with Crippen LogP contribution in [-0.4, -0.2) is 74.3 Å². The predicted octanol–water partition coefficient (Wildman–Crippen LogP) is 20.3. The lowest BCUT2D eigenvalue weighted by Crippen LogP contribution is -2.47. The highest BCUT2D eigenvalue weighted by Crippen LogP contribution is 2.43. The third-order valence-electron chi connectivity index (χ3n) is 13.6. The first-order chi connectivity index (χ1) is 38.9. The van der Waals surface area contributed by atoms with Gasteiger partial charge in [0.1, 0.15) is 19.3 Å². The van der Waals surface area contributed by atoms with E-state index in [1.54, 1.807) is 0 Å². The van der Waals surface area contributed by atoms with E-state index in [0.717, 1.165) is 103 Å². The molecule has 0 fully saturated rings. The summed E-state index contributed by atoms with van der Waals surface area (Å²) >= 11 is 0. The second kappa shape index (κ2) is 58.6. The van der Waals surface area contributed by atoms with Crippen LogP contribution in [0, 0.1) is 0 Å². The van der Waals surface area contributed by atoms with Crippen LogP contribution < -0.4 is 5.32 Å². The highest BCUT2D eigenvalue weighted by molar-refractivity contribution is 7.47. The minimum absolute atomic E-state index is 0.0222. The van der Waals surface area contributed by atoms with Crippen molar-refractivity contribution >= 4 is 19.7 Å². The molecule has 0 saturated carbocycles. The summed E-state index contributed by atoms with van der Waals surface area (Å²) in [7, 11) is 1.44. The molecule has 10 heteroatoms. The van der Waals surface area contributed by atoms with Crippen molar-refractivity contribution in [1.29, 1.82) is 0 Å². The Hall–Kier alpha value is -3.59. The normalized spacial score (nSPS) is 14.4. The van der Waals surface area contributed by atoms with E-state index >= 15 is 0 Å². The monoisotopic (exact) mass is 1130 g/mol. The molecule has 9 nitrogen and oxygen atoms in total. The first-order valence-corrected chi connectivity index (χ1v) is 33.9. The van der Waals surface area contributed by atoms with Crippen LogP contribution >= 0.6 is 7.82 Å². The number of phosphoric acid groups is 1. The zero-order chi connectivity index (χ0) is 58.6. The molecule has 0 aromatic heterocycles. The highest BCUT2D eigenvalue weighted by Gasteiger charge is 2.30. The van der Waals surface area contributed by atoms with Gasteiger partial charge in [-0.05, 0) is 109 Å². The van der Waals surface area contributed by atoms with Crippen LogP contribution in [0.1, 0.15) is 258 Å². The number of carbonyl (C=O) groups is 2. The average molecular weight is 1130 g/mol. The summed E-state index contributed by atoms with van der Waals surface area (Å²) in [6, 6.07) is -0.890. The SMILES string of the molecule is CC/C=C\C/C=C\C/C=C\C/C=C\C/C=C\C/C=C\CCC(=O)OC(/C=C\CCCCCCCCCCCC)C(COP(=O)(O)OCC[N+](C)(C)C)NC(=O)CCCCCCCCCCCC/C=C\C/C=C\C/C=C\CCCCC. The van der Waals surface area contributed by atoms with Gasteiger partial charge in [-0.25, -0.2) is 4.57 Å². The smallest absolute Gasteiger partial charge is 0.456 e. The van der Waals surface area contributed by atoms with Crippen LogP contribution in [0.25, 0.3) is 0 Å². The average Bonchev–Trinajstić information content (AvgIpc) is 3.43. The van der Waals surface area contributed by atoms with Crippen molar-refractivity contribution in [2.24, 2.45) is 0 Å². The Labute approximate surface area is 493 Å². The number of phosphoric ester groups is 1. The summed E-state index contributed by atoms with van der Waals surface area (Å²) in [5.74, 6) is -0.612. The third kappa shape index (κ3) is 59.0. The zero-order valence-electron chi connectivity index (χ0n) is 52.3. The van der Waals surface area contributed by atoms with E-state index in [4.69, 9.17) is 13.8 Å². The second-order valence-electron chi connectivity index (χ2n) is 22.5. The number of unbranched alkanes of at least 4 members (excludes halogenated alkanes) is 23. The summed E-state index contributed by atoms with van der Waals surface area (Å²) in [5, 5.41) is 3.04. The number of ether oxygens (including phenoxy) is 1. The van der Waals surface area contributed by atoms with Crippen molar-refractivity contribution < 1.29 is 37.3 Å². The fourth-order valence-corrected chi connectivity index (χ4v) is 9.41. The molecule has 0 aromatic carbocycles. The number of quaternary nitrogens is 1. The van der Waals surface area contributed by atoms with E-state index in [2.05, 4.69) is 129 Å². The minimum atomic E-state index is -4.48. The van der Waals surface area contributed by atoms with Gasteiger partial charge in [0.05, 0.1) is 33.8 Å². The summed E-state index contributed by atoms with van der Waals surface area (Å²) < 4.78 is 30.7. The number of rotatable bonds is 57. The van der Waals surface area contributed by atoms with E-state index in [-0.39, 0.29) is 25.5 Å². The number of nitrogens with zero attached hydrogens (tertiary/aromatic N) is 1. The van der Waals surface area contributed by atoms with E-state index in [1.165, 1.54) is 116 Å². The molecule has 458 valence electrons. The maximum atomic E-state index is 13.6. The van der Waals surface area contributed by atoms with Gasteiger partial charge in [0.25, 0.3) is 0 Å². The number of esters is 1. The summed E-state index contributed by atoms with van der Waals surface area (Å²) in [6.45, 7) is 6.81. The molecule has 80 heavy (non-hydrogen) atoms. The van der Waals surface area contributed by atoms with Gasteiger partial charge in [-0.2, -0.15) is 0 Å². The summed E-state index contributed by atoms with van der Waals surface area (Å²) in [5.41, 5.74) is 0. The van der Waals surface area contributed by atoms with Crippen LogP contribution in [-0.2, 0) is 27.9 Å². The van der Waals surface area contributed by atoms with E-state index in [1.807, 2.05) is 39.4 Å². The maximum Gasteiger partial charge on any atom is 0.472 e. The number of hydrogen-bond acceptors (Lipinski definition) is 6. The molecular weight excluding hydrogens is 1010 g/mol. The quantitative estimate of drug-likeness (QED) is 0.0205. The molecule has 0 aliphatic carbocycles. The lowest BCUT2D eigenvalue weighted by atomic mass is 10.0. The van der Waals surface area contributed by atoms with Gasteiger partial charge >= 0.3 is 13.8 Å². The molecule has 0 rings (SSSR count). The summed E-state index contributed by atoms with van der Waals surface area (Å²) in [6.07, 6.45) is 82.1. The van der Waals surface area contributed by atoms with Crippen LogP contribution in [0.5, 0.6) is 0 Å². The van der Waals surface area contributed by atoms with E-state index in [0.29, 0.717) is 23.9 Å². The van der Waals surface area contributed by atoms with Crippen LogP contribution in [0.3, 0.4) is 0 Å². The Bertz CT molecular complexity index is 1780. The second-order valence-corrected chi connectivity index (χ2v) is 24.0. The predicted molar refractivity (Wildman–Crippen MR) is 346 cm³/mol. The summed E-state index contributed by atoms with van der Waals surface area (Å²) in [4.78, 5) is 37.7. The van der Waals surface area contributed by atoms with Gasteiger partial charge in [0, 0.05) is 12.8 Å². The molecule has 0 heterocycles. The van der Waals surface area contributed by atoms with Crippen LogP contribution in [0.15, 0.2) is 122 Å². The molecule has 3 unspecified atom stereocenters. The topological polar surface area (TPSA) is 111 Å². The first-order valence-electron chi connectivity index (χ1n) is 32.4. The molecule has 1 amide bonds. The van der Waals surface area contributed by atoms with E-state index in [9.17, 15) is 19.0 Å². The third-order valence-corrected chi connectivity index (χ3v) is 14.6. The standard InChI is InChI=1S/C70H121N2O7P/c1-7-10-13-16-19-22-25-28-30-32-34-35-36-37-39-40-42-44-47-50-53-56-59-62-69(73)71-67(66-78-80(75,76)77-65-64-72(4,5)6)68(61-58-55-52-49-46-27-24-21-18-15-12-9-3)79-70(74)63-60-57-54-51-48-45-43-41-38-33-31-29-26-23-20-17-14-11-8-2/h11,14,19-20,22-23,28-31,34-35,38,41,45,48,54,57-58,61,67-68H,7-10,12-13,15-18,21,24-27,32-33,36-37,39-40,42-44,46-47,49-53,55-56,59-60,62-66H2,1-6H3,(H-,71,73,75,76)/p+1/b14-11-,22-19-,23-20-,30-28-,31-29-,35-34-,41-38-,48-45-,57-54-,61-58-. The van der Waals surface area contributed by atoms with Crippen molar-refractivity contribution in [2.75, 3.05) is 40.9 Å². The van der Waals surface area contributed by atoms with Gasteiger partial charge in [-0.1, -0.05) is 258 Å². The number of allylic oxidation sites excluding steroid dienone is 19. The van der Waals surface area contributed by atoms with Crippen molar-refractivity contribution in [3.05, 3.63) is 122 Å². The van der Waals surface area contributed by atoms with Gasteiger partial charge in [-0.3, -0.25) is 18.6 Å². The molecule has 2 N–H and O–H groups in total. The van der Waals surface area contributed by atoms with Gasteiger partial charge in [-0.15, -0.1) is 0 Å². The number of likely N-dealkylation sites (N-methyl/N-ethyl adjacent to an activating group) is 1. The van der Waals surface area contributed by atoms with Crippen LogP contribution in [0.2, 0.25) is 0 Å². The molecule has 0 radical (unpaired) electrons. The minimum Gasteiger partial charge on any atom is -0.456 e. The Morgan fingerprint density at radius 3 is 1.25 bits per heavy atom. The zero-order valence-corrected chi connectivity index (χ0v) is 53.2. The van der Waals surface area contributed by atoms with Crippen molar-refractivity contribution in [3.63, 3.8) is 0 Å². The fourth-order valence-electron chi connectivity index (χ4n) is 8.68. The van der Waals surface area contributed by atoms with E-state index < -0.39 is 25.9 Å². The number of hydrogen-bond donors (Lipinski definition) is 2.